The predicted octanol–water partition coefficient (Wildman–Crippen LogP) is 2.68. The largest absolute Gasteiger partial charge is 0.496 e. The van der Waals surface area contributed by atoms with E-state index in [2.05, 4.69) is 0 Å². The third kappa shape index (κ3) is 2.62. The fourth-order valence-corrected chi connectivity index (χ4v) is 4.32. The van der Waals surface area contributed by atoms with Crippen molar-refractivity contribution in [3.8, 4) is 28.7 Å². The van der Waals surface area contributed by atoms with Gasteiger partial charge in [0.25, 0.3) is 0 Å². The summed E-state index contributed by atoms with van der Waals surface area (Å²) in [4.78, 5) is 14.7. The van der Waals surface area contributed by atoms with Gasteiger partial charge in [0, 0.05) is 29.8 Å². The molecule has 0 unspecified atom stereocenters. The zero-order valence-electron chi connectivity index (χ0n) is 16.4. The first-order chi connectivity index (χ1) is 14.1. The molecule has 3 heterocycles. The van der Waals surface area contributed by atoms with Crippen LogP contribution in [0.15, 0.2) is 24.3 Å². The minimum atomic E-state index is -0.487. The quantitative estimate of drug-likeness (QED) is 0.727. The van der Waals surface area contributed by atoms with E-state index in [1.165, 1.54) is 0 Å². The third-order valence-electron chi connectivity index (χ3n) is 5.65. The van der Waals surface area contributed by atoms with E-state index in [9.17, 15) is 4.79 Å². The number of rotatable bonds is 4. The highest BCUT2D eigenvalue weighted by Crippen LogP contribution is 2.52. The molecule has 0 amide bonds. The number of carbonyl (C=O) groups is 1. The Kier molecular flexibility index (Phi) is 4.08. The summed E-state index contributed by atoms with van der Waals surface area (Å²) in [6.45, 7) is 0.553. The van der Waals surface area contributed by atoms with Crippen molar-refractivity contribution in [2.75, 3.05) is 39.6 Å². The molecule has 3 aliphatic heterocycles. The van der Waals surface area contributed by atoms with E-state index >= 15 is 0 Å². The van der Waals surface area contributed by atoms with Crippen LogP contribution in [0.25, 0.3) is 0 Å². The number of benzene rings is 2. The van der Waals surface area contributed by atoms with Gasteiger partial charge in [-0.05, 0) is 18.1 Å². The molecule has 0 spiro atoms. The van der Waals surface area contributed by atoms with Crippen molar-refractivity contribution in [3.05, 3.63) is 29.8 Å². The van der Waals surface area contributed by atoms with Gasteiger partial charge in [-0.25, -0.2) is 4.79 Å². The molecule has 2 atom stereocenters. The molecule has 0 radical (unpaired) electrons. The van der Waals surface area contributed by atoms with Crippen molar-refractivity contribution in [2.24, 2.45) is 5.92 Å². The van der Waals surface area contributed by atoms with Gasteiger partial charge in [-0.2, -0.15) is 0 Å². The average Bonchev–Trinajstić information content (AvgIpc) is 3.35. The molecule has 0 N–H and O–H groups in total. The lowest BCUT2D eigenvalue weighted by molar-refractivity contribution is -0.138. The topological polar surface area (TPSA) is 75.7 Å². The minimum Gasteiger partial charge on any atom is -0.496 e. The van der Waals surface area contributed by atoms with Gasteiger partial charge < -0.3 is 33.3 Å². The van der Waals surface area contributed by atoms with Gasteiger partial charge in [-0.15, -0.1) is 0 Å². The van der Waals surface area contributed by atoms with Crippen LogP contribution in [-0.2, 0) is 16.0 Å². The smallest absolute Gasteiger partial charge is 0.329 e. The van der Waals surface area contributed by atoms with Crippen molar-refractivity contribution in [3.63, 3.8) is 0 Å². The number of esters is 1. The highest BCUT2D eigenvalue weighted by atomic mass is 16.7. The predicted molar refractivity (Wildman–Crippen MR) is 103 cm³/mol. The molecule has 8 heteroatoms. The van der Waals surface area contributed by atoms with Crippen molar-refractivity contribution in [1.29, 1.82) is 0 Å². The first-order valence-electron chi connectivity index (χ1n) is 9.33. The molecule has 5 rings (SSSR count). The SMILES string of the molecule is COc1cc(OC)c(N2c3cc4c(cc3C[C@H]3COC(=O)[C@H]32)OCO4)c(OC)c1. The van der Waals surface area contributed by atoms with E-state index in [4.69, 9.17) is 28.4 Å². The molecule has 8 nitrogen and oxygen atoms in total. The van der Waals surface area contributed by atoms with E-state index in [0.29, 0.717) is 47.5 Å². The number of cyclic esters (lactones) is 1. The van der Waals surface area contributed by atoms with Crippen molar-refractivity contribution >= 4 is 17.3 Å². The van der Waals surface area contributed by atoms with Gasteiger partial charge in [0.1, 0.15) is 29.0 Å². The first kappa shape index (κ1) is 17.8. The van der Waals surface area contributed by atoms with Crippen molar-refractivity contribution in [2.45, 2.75) is 12.5 Å². The Morgan fingerprint density at radius 1 is 0.931 bits per heavy atom. The van der Waals surface area contributed by atoms with E-state index in [1.807, 2.05) is 17.0 Å². The maximum Gasteiger partial charge on any atom is 0.329 e. The van der Waals surface area contributed by atoms with Crippen molar-refractivity contribution in [1.82, 2.24) is 0 Å². The lowest BCUT2D eigenvalue weighted by Crippen LogP contribution is -2.44. The summed E-state index contributed by atoms with van der Waals surface area (Å²) >= 11 is 0. The summed E-state index contributed by atoms with van der Waals surface area (Å²) in [5, 5.41) is 0. The number of nitrogens with zero attached hydrogens (tertiary/aromatic N) is 1. The fraction of sp³-hybridized carbons (Fsp3) is 0.381. The number of hydrogen-bond acceptors (Lipinski definition) is 8. The second-order valence-corrected chi connectivity index (χ2v) is 7.12. The van der Waals surface area contributed by atoms with E-state index in [-0.39, 0.29) is 18.7 Å². The Balaban J connectivity index is 1.76. The van der Waals surface area contributed by atoms with Crippen LogP contribution in [0.4, 0.5) is 11.4 Å². The lowest BCUT2D eigenvalue weighted by atomic mass is 9.86. The zero-order valence-corrected chi connectivity index (χ0v) is 16.4. The van der Waals surface area contributed by atoms with Crippen LogP contribution in [0.5, 0.6) is 28.7 Å². The summed E-state index contributed by atoms with van der Waals surface area (Å²) in [5.41, 5.74) is 2.54. The monoisotopic (exact) mass is 399 g/mol. The molecule has 29 heavy (non-hydrogen) atoms. The second-order valence-electron chi connectivity index (χ2n) is 7.12. The van der Waals surface area contributed by atoms with E-state index in [1.54, 1.807) is 33.5 Å². The Hall–Kier alpha value is -3.29. The maximum atomic E-state index is 12.7. The molecular formula is C21H21NO7. The molecule has 2 aromatic rings. The number of methoxy groups -OCH3 is 3. The van der Waals surface area contributed by atoms with Gasteiger partial charge in [-0.1, -0.05) is 0 Å². The average molecular weight is 399 g/mol. The zero-order chi connectivity index (χ0) is 20.1. The normalized spacial score (nSPS) is 21.3. The van der Waals surface area contributed by atoms with Crippen LogP contribution in [0.2, 0.25) is 0 Å². The summed E-state index contributed by atoms with van der Waals surface area (Å²) < 4.78 is 33.3. The summed E-state index contributed by atoms with van der Waals surface area (Å²) in [7, 11) is 4.73. The number of anilines is 2. The van der Waals surface area contributed by atoms with Gasteiger partial charge >= 0.3 is 5.97 Å². The first-order valence-corrected chi connectivity index (χ1v) is 9.33. The molecule has 152 valence electrons. The van der Waals surface area contributed by atoms with Gasteiger partial charge in [0.15, 0.2) is 11.5 Å². The molecule has 3 aliphatic rings. The summed E-state index contributed by atoms with van der Waals surface area (Å²) in [6, 6.07) is 6.94. The molecule has 0 bridgehead atoms. The van der Waals surface area contributed by atoms with Crippen molar-refractivity contribution < 1.29 is 33.2 Å². The standard InChI is InChI=1S/C21H21NO7/c1-24-13-6-17(25-2)20(18(7-13)26-3)22-14-8-16-15(28-10-29-16)5-11(14)4-12-9-27-21(23)19(12)22/h5-8,12,19H,4,9-10H2,1-3H3/t12-,19-/m0/s1. The van der Waals surface area contributed by atoms with Crippen LogP contribution >= 0.6 is 0 Å². The molecular weight excluding hydrogens is 378 g/mol. The number of fused-ring (bicyclic) bond motifs is 3. The Morgan fingerprint density at radius 2 is 1.62 bits per heavy atom. The minimum absolute atomic E-state index is 0.00638. The lowest BCUT2D eigenvalue weighted by Gasteiger charge is -2.39. The molecule has 2 aromatic carbocycles. The second kappa shape index (κ2) is 6.65. The van der Waals surface area contributed by atoms with E-state index in [0.717, 1.165) is 11.3 Å². The van der Waals surface area contributed by atoms with Crippen LogP contribution in [0, 0.1) is 5.92 Å². The highest BCUT2D eigenvalue weighted by molar-refractivity contribution is 5.91. The van der Waals surface area contributed by atoms with E-state index < -0.39 is 6.04 Å². The molecule has 0 aromatic heterocycles. The molecule has 1 saturated heterocycles. The number of hydrogen-bond donors (Lipinski definition) is 0. The van der Waals surface area contributed by atoms with Crippen LogP contribution < -0.4 is 28.6 Å². The summed E-state index contributed by atoms with van der Waals surface area (Å²) in [6.07, 6.45) is 0.708. The molecule has 1 fully saturated rings. The van der Waals surface area contributed by atoms with Gasteiger partial charge in [0.2, 0.25) is 6.79 Å². The number of ether oxygens (including phenoxy) is 6. The molecule has 0 aliphatic carbocycles. The van der Waals surface area contributed by atoms with Crippen LogP contribution in [0.1, 0.15) is 5.56 Å². The summed E-state index contributed by atoms with van der Waals surface area (Å²) in [5.74, 6) is 2.75. The highest BCUT2D eigenvalue weighted by Gasteiger charge is 2.48. The Bertz CT molecular complexity index is 964. The Labute approximate surface area is 167 Å². The molecule has 0 saturated carbocycles. The van der Waals surface area contributed by atoms with Gasteiger partial charge in [-0.3, -0.25) is 0 Å². The Morgan fingerprint density at radius 3 is 2.28 bits per heavy atom. The maximum absolute atomic E-state index is 12.7. The fourth-order valence-electron chi connectivity index (χ4n) is 4.32. The third-order valence-corrected chi connectivity index (χ3v) is 5.65. The number of carbonyl (C=O) groups excluding carboxylic acids is 1. The van der Waals surface area contributed by atoms with Crippen LogP contribution in [-0.4, -0.2) is 46.7 Å². The van der Waals surface area contributed by atoms with Crippen LogP contribution in [0.3, 0.4) is 0 Å². The van der Waals surface area contributed by atoms with Gasteiger partial charge in [0.05, 0.1) is 27.9 Å².